The van der Waals surface area contributed by atoms with E-state index in [1.54, 1.807) is 6.08 Å². The fourth-order valence-corrected chi connectivity index (χ4v) is 4.39. The summed E-state index contributed by atoms with van der Waals surface area (Å²) in [6.45, 7) is 3.89. The van der Waals surface area contributed by atoms with E-state index in [4.69, 9.17) is 4.74 Å². The molecule has 0 bridgehead atoms. The Morgan fingerprint density at radius 3 is 2.44 bits per heavy atom. The maximum Gasteiger partial charge on any atom is 0.332 e. The van der Waals surface area contributed by atoms with Gasteiger partial charge < -0.3 is 14.7 Å². The minimum atomic E-state index is -1.06. The zero-order valence-electron chi connectivity index (χ0n) is 16.1. The van der Waals surface area contributed by atoms with Crippen LogP contribution in [0.15, 0.2) is 29.8 Å². The Hall–Kier alpha value is -2.30. The van der Waals surface area contributed by atoms with Crippen LogP contribution >= 0.6 is 0 Å². The van der Waals surface area contributed by atoms with Crippen LogP contribution in [0.2, 0.25) is 0 Å². The Morgan fingerprint density at radius 1 is 1.15 bits per heavy atom. The Labute approximate surface area is 161 Å². The van der Waals surface area contributed by atoms with Gasteiger partial charge in [-0.15, -0.1) is 0 Å². The first-order valence-electron chi connectivity index (χ1n) is 9.96. The fourth-order valence-electron chi connectivity index (χ4n) is 4.39. The molecule has 27 heavy (non-hydrogen) atoms. The molecule has 1 spiro atoms. The Morgan fingerprint density at radius 2 is 1.81 bits per heavy atom. The van der Waals surface area contributed by atoms with Gasteiger partial charge in [0.1, 0.15) is 5.75 Å². The first-order valence-corrected chi connectivity index (χ1v) is 9.96. The summed E-state index contributed by atoms with van der Waals surface area (Å²) < 4.78 is 5.56. The summed E-state index contributed by atoms with van der Waals surface area (Å²) in [4.78, 5) is 26.3. The first kappa shape index (κ1) is 19.5. The molecular weight excluding hydrogens is 342 g/mol. The number of ether oxygens (including phenoxy) is 1. The van der Waals surface area contributed by atoms with Crippen molar-refractivity contribution in [3.63, 3.8) is 0 Å². The van der Waals surface area contributed by atoms with Crippen LogP contribution in [0, 0.1) is 5.41 Å². The van der Waals surface area contributed by atoms with Crippen LogP contribution in [0.3, 0.4) is 0 Å². The summed E-state index contributed by atoms with van der Waals surface area (Å²) in [5.41, 5.74) is 1.24. The molecule has 1 aliphatic carbocycles. The average molecular weight is 371 g/mol. The molecule has 0 radical (unpaired) electrons. The van der Waals surface area contributed by atoms with E-state index in [0.29, 0.717) is 23.3 Å². The van der Waals surface area contributed by atoms with Crippen molar-refractivity contribution in [1.29, 1.82) is 0 Å². The number of likely N-dealkylation sites (tertiary alicyclic amines) is 1. The van der Waals surface area contributed by atoms with Gasteiger partial charge in [0, 0.05) is 24.2 Å². The summed E-state index contributed by atoms with van der Waals surface area (Å²) in [6, 6.07) is 7.30. The number of para-hydroxylation sites is 1. The predicted molar refractivity (Wildman–Crippen MR) is 105 cm³/mol. The lowest BCUT2D eigenvalue weighted by molar-refractivity contribution is -0.137. The number of carbonyl (C=O) groups is 2. The fraction of sp³-hybridized carbons (Fsp3) is 0.545. The van der Waals surface area contributed by atoms with Gasteiger partial charge >= 0.3 is 5.97 Å². The molecule has 3 rings (SSSR count). The molecule has 1 saturated carbocycles. The van der Waals surface area contributed by atoms with Crippen molar-refractivity contribution in [2.45, 2.75) is 51.9 Å². The lowest BCUT2D eigenvalue weighted by atomic mass is 9.77. The quantitative estimate of drug-likeness (QED) is 0.764. The molecule has 1 aromatic rings. The minimum absolute atomic E-state index is 0.0806. The highest BCUT2D eigenvalue weighted by Gasteiger charge is 2.38. The van der Waals surface area contributed by atoms with Crippen molar-refractivity contribution < 1.29 is 19.4 Å². The third-order valence-corrected chi connectivity index (χ3v) is 6.01. The zero-order chi connectivity index (χ0) is 19.3. The van der Waals surface area contributed by atoms with Gasteiger partial charge in [0.25, 0.3) is 0 Å². The molecular formula is C22H29NO4. The molecule has 5 heteroatoms. The van der Waals surface area contributed by atoms with Crippen molar-refractivity contribution in [3.8, 4) is 5.75 Å². The second-order valence-corrected chi connectivity index (χ2v) is 7.71. The molecule has 0 unspecified atom stereocenters. The second-order valence-electron chi connectivity index (χ2n) is 7.71. The Balaban J connectivity index is 1.68. The van der Waals surface area contributed by atoms with Crippen LogP contribution in [0.5, 0.6) is 5.75 Å². The summed E-state index contributed by atoms with van der Waals surface area (Å²) in [6.07, 6.45) is 8.76. The largest absolute Gasteiger partial charge is 0.493 e. The minimum Gasteiger partial charge on any atom is -0.493 e. The number of amides is 1. The molecule has 1 aliphatic heterocycles. The molecule has 1 heterocycles. The lowest BCUT2D eigenvalue weighted by Gasteiger charge is -2.39. The van der Waals surface area contributed by atoms with E-state index in [0.717, 1.165) is 25.9 Å². The standard InChI is InChI=1S/C22H29NO4/c1-2-27-19-8-4-3-7-17(19)15-18(21(25)26)16-20(24)23-13-11-22(12-14-23)9-5-6-10-22/h3-4,7-8,15H,2,5-6,9-14,16H2,1H3,(H,25,26)/b18-15+. The SMILES string of the molecule is CCOc1ccccc1/C=C(\CC(=O)N1CCC2(CCCC2)CC1)C(=O)O. The first-order chi connectivity index (χ1) is 13.0. The third kappa shape index (κ3) is 4.71. The number of aliphatic carboxylic acids is 1. The predicted octanol–water partition coefficient (Wildman–Crippen LogP) is 4.13. The van der Waals surface area contributed by atoms with Crippen molar-refractivity contribution >= 4 is 18.0 Å². The molecule has 1 aromatic carbocycles. The second kappa shape index (κ2) is 8.59. The molecule has 2 aliphatic rings. The van der Waals surface area contributed by atoms with Crippen molar-refractivity contribution in [2.24, 2.45) is 5.41 Å². The van der Waals surface area contributed by atoms with E-state index in [2.05, 4.69) is 0 Å². The van der Waals surface area contributed by atoms with Gasteiger partial charge in [-0.05, 0) is 50.2 Å². The highest BCUT2D eigenvalue weighted by atomic mass is 16.5. The summed E-state index contributed by atoms with van der Waals surface area (Å²) in [7, 11) is 0. The highest BCUT2D eigenvalue weighted by Crippen LogP contribution is 2.46. The van der Waals surface area contributed by atoms with Crippen LogP contribution in [-0.4, -0.2) is 41.6 Å². The average Bonchev–Trinajstić information content (AvgIpc) is 3.11. The zero-order valence-corrected chi connectivity index (χ0v) is 16.1. The van der Waals surface area contributed by atoms with E-state index in [1.165, 1.54) is 25.7 Å². The van der Waals surface area contributed by atoms with Crippen LogP contribution < -0.4 is 4.74 Å². The summed E-state index contributed by atoms with van der Waals surface area (Å²) >= 11 is 0. The van der Waals surface area contributed by atoms with Crippen LogP contribution in [-0.2, 0) is 9.59 Å². The number of hydrogen-bond donors (Lipinski definition) is 1. The maximum atomic E-state index is 12.7. The highest BCUT2D eigenvalue weighted by molar-refractivity contribution is 5.98. The number of carboxylic acids is 1. The molecule has 1 saturated heterocycles. The Bertz CT molecular complexity index is 709. The molecule has 5 nitrogen and oxygen atoms in total. The summed E-state index contributed by atoms with van der Waals surface area (Å²) in [5, 5.41) is 9.59. The number of benzene rings is 1. The van der Waals surface area contributed by atoms with Crippen molar-refractivity contribution in [3.05, 3.63) is 35.4 Å². The third-order valence-electron chi connectivity index (χ3n) is 6.01. The summed E-state index contributed by atoms with van der Waals surface area (Å²) in [5.74, 6) is -0.517. The van der Waals surface area contributed by atoms with Crippen LogP contribution in [0.4, 0.5) is 0 Å². The monoisotopic (exact) mass is 371 g/mol. The van der Waals surface area contributed by atoms with Gasteiger partial charge in [0.2, 0.25) is 5.91 Å². The van der Waals surface area contributed by atoms with Crippen LogP contribution in [0.1, 0.15) is 57.4 Å². The molecule has 2 fully saturated rings. The van der Waals surface area contributed by atoms with Crippen LogP contribution in [0.25, 0.3) is 6.08 Å². The van der Waals surface area contributed by atoms with Crippen molar-refractivity contribution in [2.75, 3.05) is 19.7 Å². The number of carboxylic acid groups (broad SMARTS) is 1. The van der Waals surface area contributed by atoms with Gasteiger partial charge in [-0.25, -0.2) is 4.79 Å². The number of carbonyl (C=O) groups excluding carboxylic acids is 1. The van der Waals surface area contributed by atoms with E-state index in [-0.39, 0.29) is 17.9 Å². The maximum absolute atomic E-state index is 12.7. The van der Waals surface area contributed by atoms with Gasteiger partial charge in [-0.3, -0.25) is 4.79 Å². The smallest absolute Gasteiger partial charge is 0.332 e. The van der Waals surface area contributed by atoms with Gasteiger partial charge in [-0.1, -0.05) is 31.0 Å². The number of piperidine rings is 1. The number of nitrogens with zero attached hydrogens (tertiary/aromatic N) is 1. The van der Waals surface area contributed by atoms with E-state index < -0.39 is 5.97 Å². The molecule has 0 aromatic heterocycles. The topological polar surface area (TPSA) is 66.8 Å². The van der Waals surface area contributed by atoms with E-state index >= 15 is 0 Å². The number of hydrogen-bond acceptors (Lipinski definition) is 3. The van der Waals surface area contributed by atoms with Gasteiger partial charge in [-0.2, -0.15) is 0 Å². The normalized spacial score (nSPS) is 19.3. The molecule has 1 amide bonds. The molecule has 1 N–H and O–H groups in total. The molecule has 146 valence electrons. The molecule has 0 atom stereocenters. The van der Waals surface area contributed by atoms with Gasteiger partial charge in [0.15, 0.2) is 0 Å². The van der Waals surface area contributed by atoms with Crippen molar-refractivity contribution in [1.82, 2.24) is 4.90 Å². The lowest BCUT2D eigenvalue weighted by Crippen LogP contribution is -2.42. The Kier molecular flexibility index (Phi) is 6.19. The van der Waals surface area contributed by atoms with E-state index in [1.807, 2.05) is 36.1 Å². The van der Waals surface area contributed by atoms with E-state index in [9.17, 15) is 14.7 Å². The van der Waals surface area contributed by atoms with Gasteiger partial charge in [0.05, 0.1) is 13.0 Å². The number of rotatable bonds is 6.